The molecule has 0 saturated carbocycles. The van der Waals surface area contributed by atoms with Crippen molar-refractivity contribution in [2.24, 2.45) is 0 Å². The van der Waals surface area contributed by atoms with Gasteiger partial charge in [0.15, 0.2) is 0 Å². The van der Waals surface area contributed by atoms with Crippen LogP contribution in [0.15, 0.2) is 0 Å². The molecule has 0 radical (unpaired) electrons. The molecule has 1 fully saturated rings. The predicted octanol–water partition coefficient (Wildman–Crippen LogP) is 1.90. The monoisotopic (exact) mass is 203 g/mol. The fourth-order valence-corrected chi connectivity index (χ4v) is 2.37. The Morgan fingerprint density at radius 2 is 2.31 bits per heavy atom. The number of thioether (sulfide) groups is 1. The zero-order valence-electron chi connectivity index (χ0n) is 8.71. The highest BCUT2D eigenvalue weighted by Gasteiger charge is 2.13. The third kappa shape index (κ3) is 4.89. The summed E-state index contributed by atoms with van der Waals surface area (Å²) in [5.41, 5.74) is 0. The van der Waals surface area contributed by atoms with Gasteiger partial charge in [0.2, 0.25) is 0 Å². The Kier molecular flexibility index (Phi) is 5.83. The minimum absolute atomic E-state index is 0.637. The molecule has 0 amide bonds. The molecule has 0 bridgehead atoms. The maximum Gasteiger partial charge on any atom is 0.0480 e. The molecule has 0 aromatic rings. The van der Waals surface area contributed by atoms with E-state index in [2.05, 4.69) is 18.5 Å². The van der Waals surface area contributed by atoms with Crippen LogP contribution in [0.5, 0.6) is 0 Å². The molecule has 0 aromatic heterocycles. The number of ether oxygens (including phenoxy) is 1. The van der Waals surface area contributed by atoms with Gasteiger partial charge in [-0.25, -0.2) is 0 Å². The molecule has 1 N–H and O–H groups in total. The van der Waals surface area contributed by atoms with Gasteiger partial charge in [0.25, 0.3) is 0 Å². The lowest BCUT2D eigenvalue weighted by atomic mass is 10.1. The van der Waals surface area contributed by atoms with Crippen LogP contribution < -0.4 is 5.32 Å². The van der Waals surface area contributed by atoms with E-state index in [1.54, 1.807) is 0 Å². The highest BCUT2D eigenvalue weighted by molar-refractivity contribution is 7.98. The Morgan fingerprint density at radius 3 is 3.08 bits per heavy atom. The van der Waals surface area contributed by atoms with Gasteiger partial charge in [-0.2, -0.15) is 11.8 Å². The average Bonchev–Trinajstić information content (AvgIpc) is 2.33. The van der Waals surface area contributed by atoms with E-state index in [1.807, 2.05) is 11.8 Å². The van der Waals surface area contributed by atoms with E-state index < -0.39 is 0 Å². The zero-order chi connectivity index (χ0) is 9.52. The van der Waals surface area contributed by atoms with Crippen molar-refractivity contribution < 1.29 is 4.74 Å². The topological polar surface area (TPSA) is 21.3 Å². The van der Waals surface area contributed by atoms with Gasteiger partial charge in [-0.15, -0.1) is 0 Å². The van der Waals surface area contributed by atoms with E-state index in [0.29, 0.717) is 12.1 Å². The van der Waals surface area contributed by atoms with Gasteiger partial charge >= 0.3 is 0 Å². The molecule has 13 heavy (non-hydrogen) atoms. The van der Waals surface area contributed by atoms with E-state index in [1.165, 1.54) is 25.0 Å². The highest BCUT2D eigenvalue weighted by atomic mass is 32.2. The van der Waals surface area contributed by atoms with Crippen molar-refractivity contribution in [2.45, 2.75) is 38.3 Å². The second kappa shape index (κ2) is 6.68. The van der Waals surface area contributed by atoms with Gasteiger partial charge in [0.1, 0.15) is 0 Å². The van der Waals surface area contributed by atoms with Gasteiger partial charge < -0.3 is 10.1 Å². The summed E-state index contributed by atoms with van der Waals surface area (Å²) in [5.74, 6) is 1.21. The second-order valence-corrected chi connectivity index (χ2v) is 4.67. The molecule has 2 nitrogen and oxygen atoms in total. The zero-order valence-corrected chi connectivity index (χ0v) is 9.53. The predicted molar refractivity (Wildman–Crippen MR) is 59.4 cm³/mol. The summed E-state index contributed by atoms with van der Waals surface area (Å²) in [6.07, 6.45) is 5.83. The summed E-state index contributed by atoms with van der Waals surface area (Å²) in [6.45, 7) is 4.15. The van der Waals surface area contributed by atoms with Gasteiger partial charge in [0.05, 0.1) is 0 Å². The standard InChI is InChI=1S/C10H21NOS/c1-9(8-13-2)11-10-4-3-6-12-7-5-10/h9-11H,3-8H2,1-2H3. The van der Waals surface area contributed by atoms with Crippen LogP contribution in [-0.4, -0.2) is 37.3 Å². The van der Waals surface area contributed by atoms with Crippen LogP contribution in [0.4, 0.5) is 0 Å². The highest BCUT2D eigenvalue weighted by Crippen LogP contribution is 2.09. The first-order valence-electron chi connectivity index (χ1n) is 5.15. The summed E-state index contributed by atoms with van der Waals surface area (Å²) in [7, 11) is 0. The summed E-state index contributed by atoms with van der Waals surface area (Å²) >= 11 is 1.91. The van der Waals surface area contributed by atoms with Crippen LogP contribution in [-0.2, 0) is 4.74 Å². The van der Waals surface area contributed by atoms with Crippen molar-refractivity contribution in [3.63, 3.8) is 0 Å². The van der Waals surface area contributed by atoms with Crippen molar-refractivity contribution in [3.8, 4) is 0 Å². The van der Waals surface area contributed by atoms with Crippen molar-refractivity contribution >= 4 is 11.8 Å². The van der Waals surface area contributed by atoms with Gasteiger partial charge in [-0.05, 0) is 32.4 Å². The average molecular weight is 203 g/mol. The van der Waals surface area contributed by atoms with Crippen molar-refractivity contribution in [2.75, 3.05) is 25.2 Å². The Labute approximate surface area is 85.8 Å². The molecule has 78 valence electrons. The first-order chi connectivity index (χ1) is 6.33. The molecule has 1 aliphatic rings. The maximum absolute atomic E-state index is 5.42. The molecule has 0 spiro atoms. The number of hydrogen-bond donors (Lipinski definition) is 1. The van der Waals surface area contributed by atoms with Crippen LogP contribution >= 0.6 is 11.8 Å². The fourth-order valence-electron chi connectivity index (χ4n) is 1.77. The normalized spacial score (nSPS) is 26.8. The van der Waals surface area contributed by atoms with Gasteiger partial charge in [-0.3, -0.25) is 0 Å². The molecule has 2 atom stereocenters. The Balaban J connectivity index is 2.17. The molecule has 1 aliphatic heterocycles. The lowest BCUT2D eigenvalue weighted by Crippen LogP contribution is -2.38. The van der Waals surface area contributed by atoms with Gasteiger partial charge in [-0.1, -0.05) is 0 Å². The molecular weight excluding hydrogens is 182 g/mol. The van der Waals surface area contributed by atoms with Crippen LogP contribution in [0.2, 0.25) is 0 Å². The van der Waals surface area contributed by atoms with E-state index in [4.69, 9.17) is 4.74 Å². The summed E-state index contributed by atoms with van der Waals surface area (Å²) in [4.78, 5) is 0. The van der Waals surface area contributed by atoms with E-state index in [-0.39, 0.29) is 0 Å². The SMILES string of the molecule is CSCC(C)NC1CCCOCC1. The van der Waals surface area contributed by atoms with Crippen molar-refractivity contribution in [1.82, 2.24) is 5.32 Å². The Bertz CT molecular complexity index is 124. The maximum atomic E-state index is 5.42. The van der Waals surface area contributed by atoms with Crippen LogP contribution in [0.1, 0.15) is 26.2 Å². The van der Waals surface area contributed by atoms with Crippen molar-refractivity contribution in [3.05, 3.63) is 0 Å². The lowest BCUT2D eigenvalue weighted by molar-refractivity contribution is 0.142. The number of hydrogen-bond acceptors (Lipinski definition) is 3. The fraction of sp³-hybridized carbons (Fsp3) is 1.00. The quantitative estimate of drug-likeness (QED) is 0.754. The smallest absolute Gasteiger partial charge is 0.0480 e. The lowest BCUT2D eigenvalue weighted by Gasteiger charge is -2.20. The van der Waals surface area contributed by atoms with Crippen LogP contribution in [0.3, 0.4) is 0 Å². The Hall–Kier alpha value is 0.270. The molecule has 0 aliphatic carbocycles. The minimum Gasteiger partial charge on any atom is -0.381 e. The largest absolute Gasteiger partial charge is 0.381 e. The second-order valence-electron chi connectivity index (χ2n) is 3.76. The molecule has 3 heteroatoms. The van der Waals surface area contributed by atoms with Crippen LogP contribution in [0.25, 0.3) is 0 Å². The van der Waals surface area contributed by atoms with Crippen LogP contribution in [0, 0.1) is 0 Å². The molecule has 1 heterocycles. The molecule has 1 rings (SSSR count). The summed E-state index contributed by atoms with van der Waals surface area (Å²) in [5, 5.41) is 3.66. The summed E-state index contributed by atoms with van der Waals surface area (Å²) in [6, 6.07) is 1.32. The first kappa shape index (κ1) is 11.3. The third-order valence-corrected chi connectivity index (χ3v) is 3.22. The molecular formula is C10H21NOS. The summed E-state index contributed by atoms with van der Waals surface area (Å²) < 4.78 is 5.42. The molecule has 1 saturated heterocycles. The van der Waals surface area contributed by atoms with Gasteiger partial charge in [0, 0.05) is 31.1 Å². The molecule has 2 unspecified atom stereocenters. The van der Waals surface area contributed by atoms with E-state index in [9.17, 15) is 0 Å². The van der Waals surface area contributed by atoms with E-state index in [0.717, 1.165) is 13.2 Å². The van der Waals surface area contributed by atoms with E-state index >= 15 is 0 Å². The third-order valence-electron chi connectivity index (χ3n) is 2.39. The molecule has 0 aromatic carbocycles. The van der Waals surface area contributed by atoms with Crippen molar-refractivity contribution in [1.29, 1.82) is 0 Å². The Morgan fingerprint density at radius 1 is 1.46 bits per heavy atom. The first-order valence-corrected chi connectivity index (χ1v) is 6.55. The number of rotatable bonds is 4. The minimum atomic E-state index is 0.637. The number of nitrogens with one attached hydrogen (secondary N) is 1.